The van der Waals surface area contributed by atoms with Gasteiger partial charge in [0.1, 0.15) is 0 Å². The van der Waals surface area contributed by atoms with Crippen LogP contribution in [0.1, 0.15) is 18.5 Å². The maximum atomic E-state index is 8.76. The number of nitrogens with one attached hydrogen (secondary N) is 1. The first-order chi connectivity index (χ1) is 8.31. The van der Waals surface area contributed by atoms with Gasteiger partial charge in [-0.25, -0.2) is 4.68 Å². The molecule has 2 N–H and O–H groups in total. The topological polar surface area (TPSA) is 50.1 Å². The minimum atomic E-state index is 0.150. The van der Waals surface area contributed by atoms with Gasteiger partial charge in [-0.2, -0.15) is 5.10 Å². The monoisotopic (exact) mass is 231 g/mol. The largest absolute Gasteiger partial charge is 0.395 e. The second-order valence-corrected chi connectivity index (χ2v) is 3.95. The van der Waals surface area contributed by atoms with Crippen molar-refractivity contribution in [2.45, 2.75) is 13.0 Å². The standard InChI is InChI=1S/C13H17N3O/c1-11(14-7-8-17)12-9-15-16(10-12)13-5-3-2-4-6-13/h2-6,9-11,14,17H,7-8H2,1H3. The van der Waals surface area contributed by atoms with E-state index in [-0.39, 0.29) is 12.6 Å². The van der Waals surface area contributed by atoms with Crippen LogP contribution in [0.4, 0.5) is 0 Å². The van der Waals surface area contributed by atoms with Gasteiger partial charge in [0, 0.05) is 24.3 Å². The van der Waals surface area contributed by atoms with Crippen molar-refractivity contribution >= 4 is 0 Å². The Balaban J connectivity index is 2.11. The van der Waals surface area contributed by atoms with Gasteiger partial charge in [0.2, 0.25) is 0 Å². The highest BCUT2D eigenvalue weighted by Gasteiger charge is 2.07. The molecule has 0 aliphatic carbocycles. The van der Waals surface area contributed by atoms with E-state index in [1.54, 1.807) is 0 Å². The maximum Gasteiger partial charge on any atom is 0.0645 e. The Morgan fingerprint density at radius 2 is 2.12 bits per heavy atom. The molecule has 1 atom stereocenters. The molecule has 4 nitrogen and oxygen atoms in total. The number of aliphatic hydroxyl groups is 1. The van der Waals surface area contributed by atoms with Crippen LogP contribution in [-0.4, -0.2) is 28.0 Å². The summed E-state index contributed by atoms with van der Waals surface area (Å²) in [6.07, 6.45) is 3.85. The summed E-state index contributed by atoms with van der Waals surface area (Å²) in [5.74, 6) is 0. The molecule has 0 fully saturated rings. The molecule has 1 aromatic carbocycles. The van der Waals surface area contributed by atoms with Crippen LogP contribution in [0.5, 0.6) is 0 Å². The maximum absolute atomic E-state index is 8.76. The van der Waals surface area contributed by atoms with E-state index in [9.17, 15) is 0 Å². The lowest BCUT2D eigenvalue weighted by Gasteiger charge is -2.09. The minimum Gasteiger partial charge on any atom is -0.395 e. The molecule has 0 aliphatic rings. The fourth-order valence-electron chi connectivity index (χ4n) is 1.68. The van der Waals surface area contributed by atoms with Crippen LogP contribution in [0, 0.1) is 0 Å². The highest BCUT2D eigenvalue weighted by Crippen LogP contribution is 2.13. The molecule has 0 saturated carbocycles. The van der Waals surface area contributed by atoms with Crippen molar-refractivity contribution in [1.29, 1.82) is 0 Å². The highest BCUT2D eigenvalue weighted by atomic mass is 16.3. The molecular weight excluding hydrogens is 214 g/mol. The van der Waals surface area contributed by atoms with Crippen molar-refractivity contribution in [2.75, 3.05) is 13.2 Å². The number of nitrogens with zero attached hydrogens (tertiary/aromatic N) is 2. The van der Waals surface area contributed by atoms with E-state index in [0.29, 0.717) is 6.54 Å². The van der Waals surface area contributed by atoms with Gasteiger partial charge in [-0.15, -0.1) is 0 Å². The van der Waals surface area contributed by atoms with Crippen molar-refractivity contribution in [3.05, 3.63) is 48.3 Å². The zero-order chi connectivity index (χ0) is 12.1. The van der Waals surface area contributed by atoms with Gasteiger partial charge in [-0.1, -0.05) is 18.2 Å². The molecule has 2 rings (SSSR count). The van der Waals surface area contributed by atoms with Gasteiger partial charge in [-0.05, 0) is 19.1 Å². The predicted molar refractivity (Wildman–Crippen MR) is 67.1 cm³/mol. The average Bonchev–Trinajstić information content (AvgIpc) is 2.86. The molecule has 0 saturated heterocycles. The van der Waals surface area contributed by atoms with Gasteiger partial charge in [0.25, 0.3) is 0 Å². The number of benzene rings is 1. The van der Waals surface area contributed by atoms with Crippen LogP contribution in [0.3, 0.4) is 0 Å². The van der Waals surface area contributed by atoms with E-state index < -0.39 is 0 Å². The second kappa shape index (κ2) is 5.61. The van der Waals surface area contributed by atoms with Gasteiger partial charge in [0.05, 0.1) is 18.5 Å². The van der Waals surface area contributed by atoms with E-state index in [4.69, 9.17) is 5.11 Å². The van der Waals surface area contributed by atoms with E-state index in [0.717, 1.165) is 11.3 Å². The number of aliphatic hydroxyl groups excluding tert-OH is 1. The van der Waals surface area contributed by atoms with Crippen LogP contribution in [0.15, 0.2) is 42.7 Å². The van der Waals surface area contributed by atoms with Gasteiger partial charge in [0.15, 0.2) is 0 Å². The summed E-state index contributed by atoms with van der Waals surface area (Å²) in [5.41, 5.74) is 2.16. The summed E-state index contributed by atoms with van der Waals surface area (Å²) in [7, 11) is 0. The SMILES string of the molecule is CC(NCCO)c1cnn(-c2ccccc2)c1. The predicted octanol–water partition coefficient (Wildman–Crippen LogP) is 1.52. The molecule has 4 heteroatoms. The molecular formula is C13H17N3O. The molecule has 0 bridgehead atoms. The van der Waals surface area contributed by atoms with Crippen LogP contribution < -0.4 is 5.32 Å². The summed E-state index contributed by atoms with van der Waals surface area (Å²) in [4.78, 5) is 0. The first kappa shape index (κ1) is 11.8. The van der Waals surface area contributed by atoms with Crippen molar-refractivity contribution < 1.29 is 5.11 Å². The molecule has 2 aromatic rings. The zero-order valence-corrected chi connectivity index (χ0v) is 9.87. The van der Waals surface area contributed by atoms with Gasteiger partial charge >= 0.3 is 0 Å². The smallest absolute Gasteiger partial charge is 0.0645 e. The molecule has 0 aliphatic heterocycles. The van der Waals surface area contributed by atoms with Crippen LogP contribution in [0.25, 0.3) is 5.69 Å². The van der Waals surface area contributed by atoms with Gasteiger partial charge < -0.3 is 10.4 Å². The average molecular weight is 231 g/mol. The van der Waals surface area contributed by atoms with Crippen molar-refractivity contribution in [3.8, 4) is 5.69 Å². The lowest BCUT2D eigenvalue weighted by molar-refractivity contribution is 0.286. The Kier molecular flexibility index (Phi) is 3.90. The third-order valence-electron chi connectivity index (χ3n) is 2.69. The zero-order valence-electron chi connectivity index (χ0n) is 9.87. The van der Waals surface area contributed by atoms with Crippen molar-refractivity contribution in [2.24, 2.45) is 0 Å². The lowest BCUT2D eigenvalue weighted by atomic mass is 10.2. The van der Waals surface area contributed by atoms with Crippen molar-refractivity contribution in [1.82, 2.24) is 15.1 Å². The Morgan fingerprint density at radius 3 is 2.82 bits per heavy atom. The Hall–Kier alpha value is -1.65. The van der Waals surface area contributed by atoms with Gasteiger partial charge in [-0.3, -0.25) is 0 Å². The summed E-state index contributed by atoms with van der Waals surface area (Å²) in [5, 5.41) is 16.3. The Morgan fingerprint density at radius 1 is 1.35 bits per heavy atom. The second-order valence-electron chi connectivity index (χ2n) is 3.95. The third-order valence-corrected chi connectivity index (χ3v) is 2.69. The quantitative estimate of drug-likeness (QED) is 0.820. The fourth-order valence-corrected chi connectivity index (χ4v) is 1.68. The number of rotatable bonds is 5. The van der Waals surface area contributed by atoms with E-state index >= 15 is 0 Å². The first-order valence-electron chi connectivity index (χ1n) is 5.75. The molecule has 1 unspecified atom stereocenters. The van der Waals surface area contributed by atoms with Crippen molar-refractivity contribution in [3.63, 3.8) is 0 Å². The number of para-hydroxylation sites is 1. The summed E-state index contributed by atoms with van der Waals surface area (Å²) < 4.78 is 1.85. The minimum absolute atomic E-state index is 0.150. The number of hydrogen-bond donors (Lipinski definition) is 2. The summed E-state index contributed by atoms with van der Waals surface area (Å²) in [6, 6.07) is 10.2. The molecule has 0 amide bonds. The van der Waals surface area contributed by atoms with Crippen LogP contribution in [0.2, 0.25) is 0 Å². The van der Waals surface area contributed by atoms with E-state index in [1.807, 2.05) is 47.4 Å². The van der Waals surface area contributed by atoms with E-state index in [1.165, 1.54) is 0 Å². The van der Waals surface area contributed by atoms with E-state index in [2.05, 4.69) is 17.3 Å². The molecule has 90 valence electrons. The first-order valence-corrected chi connectivity index (χ1v) is 5.75. The van der Waals surface area contributed by atoms with Crippen LogP contribution >= 0.6 is 0 Å². The molecule has 0 spiro atoms. The summed E-state index contributed by atoms with van der Waals surface area (Å²) >= 11 is 0. The number of aromatic nitrogens is 2. The Bertz CT molecular complexity index is 453. The third kappa shape index (κ3) is 2.93. The Labute approximate surface area is 101 Å². The fraction of sp³-hybridized carbons (Fsp3) is 0.308. The molecule has 1 aromatic heterocycles. The lowest BCUT2D eigenvalue weighted by Crippen LogP contribution is -2.21. The van der Waals surface area contributed by atoms with Crippen LogP contribution in [-0.2, 0) is 0 Å². The highest BCUT2D eigenvalue weighted by molar-refractivity contribution is 5.31. The molecule has 0 radical (unpaired) electrons. The normalized spacial score (nSPS) is 12.6. The molecule has 17 heavy (non-hydrogen) atoms. The summed E-state index contributed by atoms with van der Waals surface area (Å²) in [6.45, 7) is 2.80. The molecule has 1 heterocycles. The number of hydrogen-bond acceptors (Lipinski definition) is 3.